The van der Waals surface area contributed by atoms with E-state index >= 15 is 0 Å². The van der Waals surface area contributed by atoms with E-state index in [2.05, 4.69) is 19.1 Å². The van der Waals surface area contributed by atoms with E-state index in [-0.39, 0.29) is 11.5 Å². The molecule has 0 radical (unpaired) electrons. The summed E-state index contributed by atoms with van der Waals surface area (Å²) in [5.41, 5.74) is 1.17. The van der Waals surface area contributed by atoms with Crippen LogP contribution in [0, 0.1) is 5.41 Å². The van der Waals surface area contributed by atoms with Crippen molar-refractivity contribution >= 4 is 29.2 Å². The van der Waals surface area contributed by atoms with Crippen LogP contribution in [0.5, 0.6) is 0 Å². The highest BCUT2D eigenvalue weighted by atomic mass is 32.2. The van der Waals surface area contributed by atoms with E-state index in [1.54, 1.807) is 42.1 Å². The van der Waals surface area contributed by atoms with Crippen molar-refractivity contribution in [3.63, 3.8) is 0 Å². The van der Waals surface area contributed by atoms with Crippen LogP contribution >= 0.6 is 11.8 Å². The van der Waals surface area contributed by atoms with Crippen LogP contribution < -0.4 is 0 Å². The molecule has 32 heavy (non-hydrogen) atoms. The molecule has 166 valence electrons. The molecule has 0 aliphatic heterocycles. The topological polar surface area (TPSA) is 78.2 Å². The van der Waals surface area contributed by atoms with Crippen LogP contribution in [0.3, 0.4) is 0 Å². The fourth-order valence-electron chi connectivity index (χ4n) is 2.90. The number of aromatic carboxylic acids is 1. The van der Waals surface area contributed by atoms with Gasteiger partial charge in [0.15, 0.2) is 0 Å². The van der Waals surface area contributed by atoms with Crippen LogP contribution in [-0.2, 0) is 0 Å². The molecule has 3 aromatic carbocycles. The van der Waals surface area contributed by atoms with E-state index in [9.17, 15) is 9.59 Å². The van der Waals surface area contributed by atoms with Gasteiger partial charge in [0.1, 0.15) is 0 Å². The van der Waals surface area contributed by atoms with Crippen LogP contribution in [-0.4, -0.2) is 22.6 Å². The normalized spacial score (nSPS) is 10.0. The molecule has 0 aliphatic carbocycles. The second-order valence-electron chi connectivity index (χ2n) is 7.23. The Morgan fingerprint density at radius 3 is 1.84 bits per heavy atom. The zero-order valence-electron chi connectivity index (χ0n) is 18.3. The number of carboxylic acids is 1. The van der Waals surface area contributed by atoms with Gasteiger partial charge in [-0.1, -0.05) is 74.3 Å². The molecule has 0 heterocycles. The lowest BCUT2D eigenvalue weighted by atomic mass is 10.0. The summed E-state index contributed by atoms with van der Waals surface area (Å²) in [6.07, 6.45) is 4.95. The molecule has 0 spiro atoms. The molecule has 0 aromatic heterocycles. The predicted molar refractivity (Wildman–Crippen MR) is 131 cm³/mol. The Balaban J connectivity index is 0.000000336. The molecule has 0 atom stereocenters. The number of ketones is 1. The molecule has 0 saturated carbocycles. The monoisotopic (exact) mass is 447 g/mol. The smallest absolute Gasteiger partial charge is 0.335 e. The first-order valence-electron chi connectivity index (χ1n) is 10.7. The van der Waals surface area contributed by atoms with Gasteiger partial charge in [0.2, 0.25) is 5.78 Å². The Kier molecular flexibility index (Phi) is 11.0. The lowest BCUT2D eigenvalue weighted by molar-refractivity contribution is 0.0696. The van der Waals surface area contributed by atoms with E-state index in [0.717, 1.165) is 17.7 Å². The van der Waals surface area contributed by atoms with Gasteiger partial charge < -0.3 is 10.5 Å². The maximum atomic E-state index is 12.2. The van der Waals surface area contributed by atoms with Gasteiger partial charge in [0.05, 0.1) is 11.3 Å². The number of carboxylic acid groups (broad SMARTS) is 1. The minimum atomic E-state index is -0.879. The Morgan fingerprint density at radius 2 is 1.31 bits per heavy atom. The number of unbranched alkanes of at least 4 members (excludes halogenated alkanes) is 3. The molecule has 3 rings (SSSR count). The van der Waals surface area contributed by atoms with Crippen molar-refractivity contribution in [3.8, 4) is 0 Å². The Morgan fingerprint density at radius 1 is 0.750 bits per heavy atom. The highest BCUT2D eigenvalue weighted by Gasteiger charge is 2.12. The van der Waals surface area contributed by atoms with Gasteiger partial charge in [-0.05, 0) is 61.4 Å². The molecular formula is C27H29NO3S. The van der Waals surface area contributed by atoms with Crippen molar-refractivity contribution in [2.24, 2.45) is 0 Å². The van der Waals surface area contributed by atoms with Crippen molar-refractivity contribution in [2.75, 3.05) is 0 Å². The minimum absolute atomic E-state index is 0.141. The number of carbonyl (C=O) groups excluding carboxylic acids is 1. The summed E-state index contributed by atoms with van der Waals surface area (Å²) in [6.45, 7) is 2.16. The summed E-state index contributed by atoms with van der Waals surface area (Å²) in [7, 11) is 0. The van der Waals surface area contributed by atoms with Crippen molar-refractivity contribution in [3.05, 3.63) is 96.1 Å². The third-order valence-corrected chi connectivity index (χ3v) is 5.69. The summed E-state index contributed by atoms with van der Waals surface area (Å²) in [4.78, 5) is 24.7. The van der Waals surface area contributed by atoms with E-state index in [4.69, 9.17) is 10.5 Å². The van der Waals surface area contributed by atoms with Crippen LogP contribution in [0.25, 0.3) is 0 Å². The molecule has 3 aromatic rings. The third-order valence-electron chi connectivity index (χ3n) is 4.67. The number of rotatable bonds is 10. The highest BCUT2D eigenvalue weighted by Crippen LogP contribution is 2.27. The number of nitrogens with one attached hydrogen (secondary N) is 1. The summed E-state index contributed by atoms with van der Waals surface area (Å²) >= 11 is 1.67. The van der Waals surface area contributed by atoms with Crippen molar-refractivity contribution in [1.29, 1.82) is 5.41 Å². The zero-order chi connectivity index (χ0) is 23.2. The van der Waals surface area contributed by atoms with Crippen LogP contribution in [0.15, 0.2) is 94.7 Å². The van der Waals surface area contributed by atoms with Crippen molar-refractivity contribution in [2.45, 2.75) is 48.8 Å². The van der Waals surface area contributed by atoms with Crippen molar-refractivity contribution in [1.82, 2.24) is 0 Å². The SMILES string of the molecule is CCCCCCC(=N)C(=O)c1ccc(Sc2ccccc2)cc1.O=C(O)c1ccccc1. The second-order valence-corrected chi connectivity index (χ2v) is 8.38. The first-order chi connectivity index (χ1) is 15.5. The summed E-state index contributed by atoms with van der Waals surface area (Å²) < 4.78 is 0. The number of benzene rings is 3. The van der Waals surface area contributed by atoms with E-state index < -0.39 is 5.97 Å². The van der Waals surface area contributed by atoms with Gasteiger partial charge in [-0.2, -0.15) is 0 Å². The maximum Gasteiger partial charge on any atom is 0.335 e. The number of hydrogen-bond acceptors (Lipinski definition) is 4. The summed E-state index contributed by atoms with van der Waals surface area (Å²) in [5, 5.41) is 16.3. The number of Topliss-reactive ketones (excluding diaryl/α,β-unsaturated/α-hetero) is 1. The molecule has 0 bridgehead atoms. The molecule has 0 fully saturated rings. The van der Waals surface area contributed by atoms with Gasteiger partial charge in [-0.15, -0.1) is 0 Å². The van der Waals surface area contributed by atoms with Gasteiger partial charge in [0, 0.05) is 15.4 Å². The van der Waals surface area contributed by atoms with Gasteiger partial charge >= 0.3 is 5.97 Å². The molecule has 0 saturated heterocycles. The average molecular weight is 448 g/mol. The molecule has 0 aliphatic rings. The predicted octanol–water partition coefficient (Wildman–Crippen LogP) is 7.40. The third kappa shape index (κ3) is 8.90. The second kappa shape index (κ2) is 14.0. The Hall–Kier alpha value is -3.18. The van der Waals surface area contributed by atoms with Crippen LogP contribution in [0.4, 0.5) is 0 Å². The van der Waals surface area contributed by atoms with E-state index in [0.29, 0.717) is 17.5 Å². The molecule has 0 unspecified atom stereocenters. The molecular weight excluding hydrogens is 418 g/mol. The lowest BCUT2D eigenvalue weighted by Gasteiger charge is -2.05. The number of carbonyl (C=O) groups is 2. The first kappa shape index (κ1) is 25.1. The van der Waals surface area contributed by atoms with Crippen LogP contribution in [0.1, 0.15) is 59.7 Å². The minimum Gasteiger partial charge on any atom is -0.478 e. The zero-order valence-corrected chi connectivity index (χ0v) is 19.1. The lowest BCUT2D eigenvalue weighted by Crippen LogP contribution is -2.12. The maximum absolute atomic E-state index is 12.2. The van der Waals surface area contributed by atoms with Gasteiger partial charge in [-0.3, -0.25) is 4.79 Å². The first-order valence-corrected chi connectivity index (χ1v) is 11.6. The Bertz CT molecular complexity index is 986. The quantitative estimate of drug-likeness (QED) is 0.193. The molecule has 5 heteroatoms. The summed E-state index contributed by atoms with van der Waals surface area (Å²) in [6, 6.07) is 26.0. The van der Waals surface area contributed by atoms with E-state index in [1.165, 1.54) is 17.7 Å². The summed E-state index contributed by atoms with van der Waals surface area (Å²) in [5.74, 6) is -1.02. The van der Waals surface area contributed by atoms with Crippen molar-refractivity contribution < 1.29 is 14.7 Å². The number of hydrogen-bond donors (Lipinski definition) is 2. The fourth-order valence-corrected chi connectivity index (χ4v) is 3.73. The molecule has 2 N–H and O–H groups in total. The molecule has 4 nitrogen and oxygen atoms in total. The molecule has 0 amide bonds. The fraction of sp³-hybridized carbons (Fsp3) is 0.222. The van der Waals surface area contributed by atoms with Gasteiger partial charge in [-0.25, -0.2) is 4.79 Å². The highest BCUT2D eigenvalue weighted by molar-refractivity contribution is 7.99. The average Bonchev–Trinajstić information content (AvgIpc) is 2.83. The standard InChI is InChI=1S/C20H23NOS.C7H6O2/c1-2-3-4-8-11-19(21)20(22)16-12-14-18(15-13-16)23-17-9-6-5-7-10-17;8-7(9)6-4-2-1-3-5-6/h5-7,9-10,12-15,21H,2-4,8,11H2,1H3;1-5H,(H,8,9). The van der Waals surface area contributed by atoms with Crippen LogP contribution in [0.2, 0.25) is 0 Å². The van der Waals surface area contributed by atoms with E-state index in [1.807, 2.05) is 42.5 Å². The Labute approximate surface area is 194 Å². The van der Waals surface area contributed by atoms with Gasteiger partial charge in [0.25, 0.3) is 0 Å². The largest absolute Gasteiger partial charge is 0.478 e.